The second kappa shape index (κ2) is 17.7. The maximum absolute atomic E-state index is 13.3. The van der Waals surface area contributed by atoms with Crippen molar-refractivity contribution in [1.82, 2.24) is 10.6 Å². The fourth-order valence-electron chi connectivity index (χ4n) is 5.40. The van der Waals surface area contributed by atoms with Crippen LogP contribution >= 0.6 is 15.4 Å². The minimum Gasteiger partial charge on any atom is -0.492 e. The Balaban J connectivity index is 1.67. The first-order valence-corrected chi connectivity index (χ1v) is 18.9. The van der Waals surface area contributed by atoms with Crippen LogP contribution in [0.4, 0.5) is 0 Å². The largest absolute Gasteiger partial charge is 0.492 e. The number of ether oxygens (including phenoxy) is 1. The molecule has 1 aliphatic rings. The zero-order valence-electron chi connectivity index (χ0n) is 26.6. The lowest BCUT2D eigenvalue weighted by atomic mass is 9.90. The first-order chi connectivity index (χ1) is 21.4. The monoisotopic (exact) mass is 663 g/mol. The maximum atomic E-state index is 13.3. The summed E-state index contributed by atoms with van der Waals surface area (Å²) in [5.74, 6) is -0.711. The quantitative estimate of drug-likeness (QED) is 0.197. The van der Waals surface area contributed by atoms with Gasteiger partial charge in [-0.3, -0.25) is 18.9 Å². The summed E-state index contributed by atoms with van der Waals surface area (Å²) >= 11 is 0. The summed E-state index contributed by atoms with van der Waals surface area (Å²) in [6, 6.07) is 10.5. The van der Waals surface area contributed by atoms with E-state index in [0.29, 0.717) is 29.1 Å². The number of carbonyl (C=O) groups is 3. The van der Waals surface area contributed by atoms with Crippen LogP contribution in [0.25, 0.3) is 0 Å². The van der Waals surface area contributed by atoms with Crippen molar-refractivity contribution in [1.29, 1.82) is 0 Å². The first kappa shape index (κ1) is 36.5. The number of primary amides is 1. The van der Waals surface area contributed by atoms with Crippen molar-refractivity contribution in [3.05, 3.63) is 59.2 Å². The molecule has 45 heavy (non-hydrogen) atoms. The molecule has 13 heteroatoms. The molecule has 1 saturated carbocycles. The van der Waals surface area contributed by atoms with Crippen LogP contribution in [0.5, 0.6) is 5.75 Å². The van der Waals surface area contributed by atoms with Gasteiger partial charge in [-0.15, -0.1) is 0 Å². The molecule has 1 aliphatic carbocycles. The summed E-state index contributed by atoms with van der Waals surface area (Å²) in [6.45, 7) is 7.40. The Labute approximate surface area is 266 Å². The van der Waals surface area contributed by atoms with Crippen LogP contribution in [-0.4, -0.2) is 49.5 Å². The Kier molecular flexibility index (Phi) is 14.3. The number of amides is 3. The SMILES string of the molecule is CCOP(=O)(C[PH](=O)c1ccc(CC(NC(C)=O)C(=O)NC(C)c2ccc(OCC3CCCCC3)c(C(N)=O)c2)cc1)OCC. The van der Waals surface area contributed by atoms with Gasteiger partial charge in [0.1, 0.15) is 25.5 Å². The van der Waals surface area contributed by atoms with E-state index in [-0.39, 0.29) is 37.0 Å². The molecule has 2 aromatic rings. The maximum Gasteiger partial charge on any atom is 0.338 e. The van der Waals surface area contributed by atoms with E-state index in [0.717, 1.165) is 18.4 Å². The lowest BCUT2D eigenvalue weighted by Crippen LogP contribution is -2.48. The van der Waals surface area contributed by atoms with Crippen molar-refractivity contribution < 1.29 is 37.3 Å². The van der Waals surface area contributed by atoms with Crippen molar-refractivity contribution >= 4 is 38.4 Å². The van der Waals surface area contributed by atoms with E-state index in [1.165, 1.54) is 26.2 Å². The van der Waals surface area contributed by atoms with E-state index in [1.807, 2.05) is 0 Å². The van der Waals surface area contributed by atoms with Crippen LogP contribution in [-0.2, 0) is 34.2 Å². The molecule has 4 N–H and O–H groups in total. The molecule has 3 atom stereocenters. The fraction of sp³-hybridized carbons (Fsp3) is 0.531. The number of nitrogens with one attached hydrogen (secondary N) is 2. The van der Waals surface area contributed by atoms with Crippen LogP contribution in [0.15, 0.2) is 42.5 Å². The summed E-state index contributed by atoms with van der Waals surface area (Å²) in [6.07, 6.45) is 6.02. The number of carbonyl (C=O) groups excluding carboxylic acids is 3. The minimum absolute atomic E-state index is 0.177. The molecule has 0 aromatic heterocycles. The summed E-state index contributed by atoms with van der Waals surface area (Å²) in [7, 11) is -5.93. The van der Waals surface area contributed by atoms with Gasteiger partial charge in [-0.05, 0) is 62.8 Å². The van der Waals surface area contributed by atoms with Crippen molar-refractivity contribution in [2.45, 2.75) is 78.3 Å². The Bertz CT molecular complexity index is 1370. The van der Waals surface area contributed by atoms with Crippen LogP contribution in [0.2, 0.25) is 0 Å². The summed E-state index contributed by atoms with van der Waals surface area (Å²) in [4.78, 5) is 37.6. The van der Waals surface area contributed by atoms with Gasteiger partial charge in [0.2, 0.25) is 11.8 Å². The predicted molar refractivity (Wildman–Crippen MR) is 176 cm³/mol. The standard InChI is InChI=1S/C32H47N3O8P2/c1-5-42-45(40,43-6-2)21-44(39)27-15-12-24(13-16-27)18-29(35-23(4)36)32(38)34-22(3)26-14-17-30(28(19-26)31(33)37)41-20-25-10-8-7-9-11-25/h12-17,19,22,25,29,44H,5-11,18,20-21H2,1-4H3,(H2,33,37)(H,34,38)(H,35,36). The second-order valence-corrected chi connectivity index (χ2v) is 15.8. The van der Waals surface area contributed by atoms with Gasteiger partial charge < -0.3 is 34.7 Å². The highest BCUT2D eigenvalue weighted by Gasteiger charge is 2.28. The smallest absolute Gasteiger partial charge is 0.338 e. The molecule has 0 aliphatic heterocycles. The number of rotatable bonds is 17. The number of nitrogens with two attached hydrogens (primary N) is 1. The number of hydrogen-bond donors (Lipinski definition) is 3. The van der Waals surface area contributed by atoms with Gasteiger partial charge in [-0.2, -0.15) is 0 Å². The van der Waals surface area contributed by atoms with Gasteiger partial charge in [-0.25, -0.2) is 0 Å². The third kappa shape index (κ3) is 11.4. The lowest BCUT2D eigenvalue weighted by Gasteiger charge is -2.23. The lowest BCUT2D eigenvalue weighted by molar-refractivity contribution is -0.128. The van der Waals surface area contributed by atoms with Crippen molar-refractivity contribution in [2.24, 2.45) is 11.7 Å². The Morgan fingerprint density at radius 2 is 1.64 bits per heavy atom. The van der Waals surface area contributed by atoms with Crippen molar-refractivity contribution in [3.63, 3.8) is 0 Å². The molecule has 0 heterocycles. The van der Waals surface area contributed by atoms with Crippen molar-refractivity contribution in [3.8, 4) is 5.75 Å². The summed E-state index contributed by atoms with van der Waals surface area (Å²) < 4.78 is 42.3. The normalized spacial score (nSPS) is 15.9. The Morgan fingerprint density at radius 1 is 1.00 bits per heavy atom. The molecule has 2 aromatic carbocycles. The van der Waals surface area contributed by atoms with E-state index in [1.54, 1.807) is 63.2 Å². The third-order valence-corrected chi connectivity index (χ3v) is 12.7. The number of hydrogen-bond acceptors (Lipinski definition) is 8. The molecular formula is C32H47N3O8P2. The van der Waals surface area contributed by atoms with Crippen LogP contribution < -0.4 is 26.4 Å². The molecule has 11 nitrogen and oxygen atoms in total. The highest BCUT2D eigenvalue weighted by atomic mass is 31.2. The number of benzene rings is 2. The van der Waals surface area contributed by atoms with E-state index >= 15 is 0 Å². The highest BCUT2D eigenvalue weighted by Crippen LogP contribution is 2.54. The van der Waals surface area contributed by atoms with E-state index in [9.17, 15) is 23.5 Å². The molecular weight excluding hydrogens is 616 g/mol. The highest BCUT2D eigenvalue weighted by molar-refractivity contribution is 7.70. The topological polar surface area (TPSA) is 163 Å². The molecule has 3 rings (SSSR count). The third-order valence-electron chi connectivity index (χ3n) is 7.73. The molecule has 248 valence electrons. The van der Waals surface area contributed by atoms with Crippen LogP contribution in [0, 0.1) is 5.92 Å². The summed E-state index contributed by atoms with van der Waals surface area (Å²) in [5, 5.41) is 6.13. The van der Waals surface area contributed by atoms with E-state index < -0.39 is 39.3 Å². The zero-order chi connectivity index (χ0) is 33.0. The van der Waals surface area contributed by atoms with E-state index in [2.05, 4.69) is 10.6 Å². The first-order valence-electron chi connectivity index (χ1n) is 15.6. The van der Waals surface area contributed by atoms with Crippen molar-refractivity contribution in [2.75, 3.05) is 25.7 Å². The second-order valence-electron chi connectivity index (χ2n) is 11.3. The van der Waals surface area contributed by atoms with Gasteiger partial charge in [0.05, 0.1) is 31.4 Å². The zero-order valence-corrected chi connectivity index (χ0v) is 28.5. The van der Waals surface area contributed by atoms with Gasteiger partial charge in [-0.1, -0.05) is 49.6 Å². The van der Waals surface area contributed by atoms with Gasteiger partial charge >= 0.3 is 7.60 Å². The molecule has 0 bridgehead atoms. The Morgan fingerprint density at radius 3 is 2.22 bits per heavy atom. The molecule has 0 radical (unpaired) electrons. The fourth-order valence-corrected chi connectivity index (χ4v) is 9.67. The van der Waals surface area contributed by atoms with Gasteiger partial charge in [0.15, 0.2) is 0 Å². The summed E-state index contributed by atoms with van der Waals surface area (Å²) in [5.41, 5.74) is 7.31. The average molecular weight is 664 g/mol. The predicted octanol–water partition coefficient (Wildman–Crippen LogP) is 5.08. The molecule has 3 unspecified atom stereocenters. The van der Waals surface area contributed by atoms with Crippen LogP contribution in [0.3, 0.4) is 0 Å². The van der Waals surface area contributed by atoms with Crippen LogP contribution in [0.1, 0.15) is 87.3 Å². The van der Waals surface area contributed by atoms with Gasteiger partial charge in [0.25, 0.3) is 5.91 Å². The minimum atomic E-state index is -3.47. The Hall–Kier alpha value is -2.97. The van der Waals surface area contributed by atoms with Gasteiger partial charge in [0, 0.05) is 18.6 Å². The molecule has 1 fully saturated rings. The average Bonchev–Trinajstić information content (AvgIpc) is 3.00. The molecule has 0 saturated heterocycles. The molecule has 0 spiro atoms. The van der Waals surface area contributed by atoms with E-state index in [4.69, 9.17) is 19.5 Å². The molecule has 3 amide bonds.